The summed E-state index contributed by atoms with van der Waals surface area (Å²) in [7, 11) is 4.01. The summed E-state index contributed by atoms with van der Waals surface area (Å²) < 4.78 is 10.6. The van der Waals surface area contributed by atoms with Crippen LogP contribution in [0.4, 0.5) is 5.69 Å². The summed E-state index contributed by atoms with van der Waals surface area (Å²) in [4.78, 5) is 36.0. The molecule has 0 saturated carbocycles. The number of hydrogen-bond acceptors (Lipinski definition) is 6. The molecule has 0 aliphatic heterocycles. The Kier molecular flexibility index (Phi) is 5.43. The second kappa shape index (κ2) is 7.35. The van der Waals surface area contributed by atoms with Crippen LogP contribution in [0.5, 0.6) is 0 Å². The second-order valence-electron chi connectivity index (χ2n) is 5.11. The Labute approximate surface area is 148 Å². The number of halogens is 1. The van der Waals surface area contributed by atoms with Gasteiger partial charge in [-0.15, -0.1) is 0 Å². The minimum absolute atomic E-state index is 0.0907. The Morgan fingerprint density at radius 3 is 2.00 bits per heavy atom. The van der Waals surface area contributed by atoms with Crippen molar-refractivity contribution in [3.05, 3.63) is 45.7 Å². The van der Waals surface area contributed by atoms with Crippen LogP contribution in [0, 0.1) is 6.92 Å². The van der Waals surface area contributed by atoms with E-state index in [-0.39, 0.29) is 27.5 Å². The molecule has 0 saturated heterocycles. The first-order chi connectivity index (χ1) is 11.8. The van der Waals surface area contributed by atoms with Crippen molar-refractivity contribution >= 4 is 35.1 Å². The Hall–Kier alpha value is -2.87. The van der Waals surface area contributed by atoms with Gasteiger partial charge in [-0.05, 0) is 25.1 Å². The fraction of sp³-hybridized carbons (Fsp3) is 0.250. The molecule has 1 aromatic heterocycles. The number of hydrogen-bond donors (Lipinski definition) is 1. The minimum Gasteiger partial charge on any atom is -0.465 e. The number of aromatic nitrogens is 2. The molecule has 2 rings (SSSR count). The van der Waals surface area contributed by atoms with E-state index in [1.807, 2.05) is 0 Å². The number of carbonyl (C=O) groups excluding carboxylic acids is 3. The van der Waals surface area contributed by atoms with Gasteiger partial charge in [-0.3, -0.25) is 9.48 Å². The lowest BCUT2D eigenvalue weighted by atomic mass is 10.1. The molecule has 1 amide bonds. The van der Waals surface area contributed by atoms with Crippen LogP contribution in [0.1, 0.15) is 36.9 Å². The number of rotatable bonds is 4. The van der Waals surface area contributed by atoms with Crippen molar-refractivity contribution in [2.24, 2.45) is 7.05 Å². The molecule has 1 heterocycles. The molecule has 0 aliphatic rings. The van der Waals surface area contributed by atoms with Crippen molar-refractivity contribution in [2.45, 2.75) is 6.92 Å². The van der Waals surface area contributed by atoms with Gasteiger partial charge in [-0.25, -0.2) is 9.59 Å². The molecule has 1 aromatic carbocycles. The highest BCUT2D eigenvalue weighted by atomic mass is 35.5. The molecular formula is C16H16ClN3O5. The molecule has 25 heavy (non-hydrogen) atoms. The van der Waals surface area contributed by atoms with Crippen LogP contribution >= 0.6 is 11.6 Å². The zero-order valence-electron chi connectivity index (χ0n) is 14.0. The van der Waals surface area contributed by atoms with Crippen molar-refractivity contribution < 1.29 is 23.9 Å². The van der Waals surface area contributed by atoms with E-state index >= 15 is 0 Å². The molecule has 2 aromatic rings. The van der Waals surface area contributed by atoms with E-state index in [2.05, 4.69) is 19.9 Å². The van der Waals surface area contributed by atoms with Crippen LogP contribution in [-0.2, 0) is 16.5 Å². The van der Waals surface area contributed by atoms with Crippen LogP contribution in [0.3, 0.4) is 0 Å². The SMILES string of the molecule is COC(=O)c1cc(NC(=O)c2c(Cl)c(C)nn2C)cc(C(=O)OC)c1. The summed E-state index contributed by atoms with van der Waals surface area (Å²) in [6.45, 7) is 1.67. The smallest absolute Gasteiger partial charge is 0.337 e. The Balaban J connectivity index is 2.42. The van der Waals surface area contributed by atoms with Crippen LogP contribution < -0.4 is 5.32 Å². The molecule has 1 N–H and O–H groups in total. The highest BCUT2D eigenvalue weighted by Crippen LogP contribution is 2.22. The van der Waals surface area contributed by atoms with Crippen molar-refractivity contribution in [1.29, 1.82) is 0 Å². The normalized spacial score (nSPS) is 10.3. The van der Waals surface area contributed by atoms with Gasteiger partial charge in [-0.2, -0.15) is 5.10 Å². The van der Waals surface area contributed by atoms with Crippen LogP contribution in [-0.4, -0.2) is 41.8 Å². The predicted octanol–water partition coefficient (Wildman–Crippen LogP) is 2.21. The summed E-state index contributed by atoms with van der Waals surface area (Å²) in [6, 6.07) is 4.08. The quantitative estimate of drug-likeness (QED) is 0.834. The number of nitrogens with one attached hydrogen (secondary N) is 1. The first kappa shape index (κ1) is 18.5. The highest BCUT2D eigenvalue weighted by Gasteiger charge is 2.20. The molecule has 0 spiro atoms. The first-order valence-corrected chi connectivity index (χ1v) is 7.48. The molecular weight excluding hydrogens is 350 g/mol. The number of nitrogens with zero attached hydrogens (tertiary/aromatic N) is 2. The lowest BCUT2D eigenvalue weighted by molar-refractivity contribution is 0.0599. The van der Waals surface area contributed by atoms with Crippen LogP contribution in [0.25, 0.3) is 0 Å². The monoisotopic (exact) mass is 365 g/mol. The fourth-order valence-electron chi connectivity index (χ4n) is 2.24. The number of esters is 2. The lowest BCUT2D eigenvalue weighted by Crippen LogP contribution is -2.17. The Morgan fingerprint density at radius 2 is 1.60 bits per heavy atom. The number of anilines is 1. The summed E-state index contributed by atoms with van der Waals surface area (Å²) in [5.41, 5.74) is 1.05. The third-order valence-electron chi connectivity index (χ3n) is 3.40. The number of ether oxygens (including phenoxy) is 2. The number of carbonyl (C=O) groups is 3. The molecule has 132 valence electrons. The molecule has 0 aliphatic carbocycles. The van der Waals surface area contributed by atoms with Gasteiger partial charge < -0.3 is 14.8 Å². The number of benzene rings is 1. The molecule has 0 atom stereocenters. The summed E-state index contributed by atoms with van der Waals surface area (Å²) in [6.07, 6.45) is 0. The second-order valence-corrected chi connectivity index (χ2v) is 5.49. The van der Waals surface area contributed by atoms with Crippen LogP contribution in [0.15, 0.2) is 18.2 Å². The van der Waals surface area contributed by atoms with Gasteiger partial charge in [0.1, 0.15) is 5.69 Å². The van der Waals surface area contributed by atoms with Crippen molar-refractivity contribution in [1.82, 2.24) is 9.78 Å². The van der Waals surface area contributed by atoms with Gasteiger partial charge in [0, 0.05) is 12.7 Å². The third kappa shape index (κ3) is 3.80. The zero-order chi connectivity index (χ0) is 18.7. The van der Waals surface area contributed by atoms with E-state index in [9.17, 15) is 14.4 Å². The average molecular weight is 366 g/mol. The summed E-state index contributed by atoms with van der Waals surface area (Å²) in [5, 5.41) is 6.88. The van der Waals surface area contributed by atoms with E-state index in [4.69, 9.17) is 11.6 Å². The van der Waals surface area contributed by atoms with E-state index in [1.54, 1.807) is 14.0 Å². The number of aryl methyl sites for hydroxylation is 2. The number of methoxy groups -OCH3 is 2. The van der Waals surface area contributed by atoms with Gasteiger partial charge in [0.25, 0.3) is 5.91 Å². The predicted molar refractivity (Wildman–Crippen MR) is 90.0 cm³/mol. The lowest BCUT2D eigenvalue weighted by Gasteiger charge is -2.10. The van der Waals surface area contributed by atoms with E-state index in [1.165, 1.54) is 37.1 Å². The maximum Gasteiger partial charge on any atom is 0.337 e. The van der Waals surface area contributed by atoms with E-state index < -0.39 is 17.8 Å². The van der Waals surface area contributed by atoms with Crippen molar-refractivity contribution in [3.63, 3.8) is 0 Å². The summed E-state index contributed by atoms with van der Waals surface area (Å²) >= 11 is 6.09. The van der Waals surface area contributed by atoms with Gasteiger partial charge in [0.15, 0.2) is 0 Å². The first-order valence-electron chi connectivity index (χ1n) is 7.10. The zero-order valence-corrected chi connectivity index (χ0v) is 14.8. The minimum atomic E-state index is -0.657. The highest BCUT2D eigenvalue weighted by molar-refractivity contribution is 6.34. The van der Waals surface area contributed by atoms with Gasteiger partial charge in [0.2, 0.25) is 0 Å². The van der Waals surface area contributed by atoms with E-state index in [0.717, 1.165) is 0 Å². The standard InChI is InChI=1S/C16H16ClN3O5/c1-8-12(17)13(20(2)19-8)14(21)18-11-6-9(15(22)24-3)5-10(7-11)16(23)25-4/h5-7H,1-4H3,(H,18,21). The largest absolute Gasteiger partial charge is 0.465 e. The average Bonchev–Trinajstić information content (AvgIpc) is 2.85. The molecule has 8 nitrogen and oxygen atoms in total. The molecule has 0 unspecified atom stereocenters. The molecule has 0 radical (unpaired) electrons. The van der Waals surface area contributed by atoms with Gasteiger partial charge in [-0.1, -0.05) is 11.6 Å². The Bertz CT molecular complexity index is 825. The Morgan fingerprint density at radius 1 is 1.08 bits per heavy atom. The van der Waals surface area contributed by atoms with Gasteiger partial charge in [0.05, 0.1) is 36.1 Å². The fourth-order valence-corrected chi connectivity index (χ4v) is 2.49. The maximum absolute atomic E-state index is 12.5. The number of amides is 1. The van der Waals surface area contributed by atoms with E-state index in [0.29, 0.717) is 5.69 Å². The molecule has 0 bridgehead atoms. The van der Waals surface area contributed by atoms with Crippen molar-refractivity contribution in [2.75, 3.05) is 19.5 Å². The van der Waals surface area contributed by atoms with Gasteiger partial charge >= 0.3 is 11.9 Å². The third-order valence-corrected chi connectivity index (χ3v) is 3.85. The van der Waals surface area contributed by atoms with Crippen molar-refractivity contribution in [3.8, 4) is 0 Å². The topological polar surface area (TPSA) is 99.5 Å². The summed E-state index contributed by atoms with van der Waals surface area (Å²) in [5.74, 6) is -1.85. The maximum atomic E-state index is 12.5. The van der Waals surface area contributed by atoms with Crippen LogP contribution in [0.2, 0.25) is 5.02 Å². The molecule has 9 heteroatoms. The molecule has 0 fully saturated rings.